The first kappa shape index (κ1) is 13.7. The maximum atomic E-state index is 11.5. The number of nitrogens with zero attached hydrogens (tertiary/aromatic N) is 2. The Morgan fingerprint density at radius 3 is 2.50 bits per heavy atom. The molecule has 2 N–H and O–H groups in total. The Morgan fingerprint density at radius 2 is 1.95 bits per heavy atom. The molecule has 0 fully saturated rings. The number of aromatic carboxylic acids is 1. The molecular formula is C14H11N2O4. The number of pyridine rings is 2. The van der Waals surface area contributed by atoms with E-state index in [0.717, 1.165) is 6.20 Å². The Bertz CT molecular complexity index is 655. The molecule has 6 heteroatoms. The van der Waals surface area contributed by atoms with Crippen LogP contribution in [0.5, 0.6) is 0 Å². The van der Waals surface area contributed by atoms with Crippen LogP contribution in [0.2, 0.25) is 0 Å². The highest BCUT2D eigenvalue weighted by molar-refractivity contribution is 5.92. The van der Waals surface area contributed by atoms with Gasteiger partial charge < -0.3 is 10.2 Å². The summed E-state index contributed by atoms with van der Waals surface area (Å²) >= 11 is 0. The van der Waals surface area contributed by atoms with Crippen LogP contribution in [0.1, 0.15) is 33.2 Å². The van der Waals surface area contributed by atoms with Gasteiger partial charge in [-0.05, 0) is 30.7 Å². The molecule has 2 heterocycles. The van der Waals surface area contributed by atoms with Gasteiger partial charge in [0, 0.05) is 18.1 Å². The fraction of sp³-hybridized carbons (Fsp3) is 0.0714. The van der Waals surface area contributed by atoms with Gasteiger partial charge in [-0.15, -0.1) is 0 Å². The van der Waals surface area contributed by atoms with Crippen LogP contribution in [0.4, 0.5) is 0 Å². The quantitative estimate of drug-likeness (QED) is 0.875. The maximum Gasteiger partial charge on any atom is 0.337 e. The summed E-state index contributed by atoms with van der Waals surface area (Å²) in [5.74, 6) is -3.60. The predicted octanol–water partition coefficient (Wildman–Crippen LogP) is 1.57. The van der Waals surface area contributed by atoms with Crippen LogP contribution < -0.4 is 0 Å². The molecule has 0 aromatic carbocycles. The zero-order chi connectivity index (χ0) is 14.7. The first-order valence-corrected chi connectivity index (χ1v) is 5.69. The summed E-state index contributed by atoms with van der Waals surface area (Å²) in [7, 11) is 0. The standard InChI is InChI=1S/C14H11N2O4/c1-8-6-9(10(7-16-8)13(17)18)12(14(19)20)11-4-2-3-5-15-11/h2-7,12H,1H2,(H,17,18)(H,19,20). The molecule has 0 spiro atoms. The van der Waals surface area contributed by atoms with Crippen LogP contribution in [-0.2, 0) is 4.79 Å². The lowest BCUT2D eigenvalue weighted by Gasteiger charge is -2.15. The molecule has 2 aromatic rings. The van der Waals surface area contributed by atoms with Crippen molar-refractivity contribution in [2.45, 2.75) is 5.92 Å². The molecule has 0 saturated carbocycles. The van der Waals surface area contributed by atoms with Gasteiger partial charge in [-0.1, -0.05) is 6.07 Å². The number of aromatic nitrogens is 2. The summed E-state index contributed by atoms with van der Waals surface area (Å²) in [5, 5.41) is 18.6. The third kappa shape index (κ3) is 2.64. The molecule has 0 aliphatic carbocycles. The number of rotatable bonds is 4. The van der Waals surface area contributed by atoms with Gasteiger partial charge in [-0.2, -0.15) is 0 Å². The van der Waals surface area contributed by atoms with Crippen LogP contribution in [0.3, 0.4) is 0 Å². The molecule has 0 saturated heterocycles. The van der Waals surface area contributed by atoms with E-state index >= 15 is 0 Å². The number of hydrogen-bond acceptors (Lipinski definition) is 4. The molecule has 1 unspecified atom stereocenters. The average Bonchev–Trinajstić information content (AvgIpc) is 2.39. The van der Waals surface area contributed by atoms with E-state index in [1.807, 2.05) is 0 Å². The summed E-state index contributed by atoms with van der Waals surface area (Å²) in [4.78, 5) is 30.5. The summed E-state index contributed by atoms with van der Waals surface area (Å²) in [6, 6.07) is 6.19. The van der Waals surface area contributed by atoms with Gasteiger partial charge >= 0.3 is 11.9 Å². The lowest BCUT2D eigenvalue weighted by molar-refractivity contribution is -0.137. The first-order valence-electron chi connectivity index (χ1n) is 5.69. The van der Waals surface area contributed by atoms with E-state index in [4.69, 9.17) is 5.11 Å². The van der Waals surface area contributed by atoms with E-state index in [9.17, 15) is 14.7 Å². The van der Waals surface area contributed by atoms with Crippen molar-refractivity contribution >= 4 is 11.9 Å². The average molecular weight is 271 g/mol. The van der Waals surface area contributed by atoms with Gasteiger partial charge in [0.1, 0.15) is 5.92 Å². The van der Waals surface area contributed by atoms with Crippen molar-refractivity contribution in [1.82, 2.24) is 9.97 Å². The van der Waals surface area contributed by atoms with Gasteiger partial charge in [0.15, 0.2) is 0 Å². The molecule has 0 aliphatic heterocycles. The third-order valence-electron chi connectivity index (χ3n) is 2.76. The fourth-order valence-electron chi connectivity index (χ4n) is 1.90. The van der Waals surface area contributed by atoms with E-state index in [1.165, 1.54) is 18.3 Å². The molecule has 2 aromatic heterocycles. The monoisotopic (exact) mass is 271 g/mol. The molecule has 2 rings (SSSR count). The number of carbonyl (C=O) groups is 2. The van der Waals surface area contributed by atoms with E-state index in [1.54, 1.807) is 12.1 Å². The summed E-state index contributed by atoms with van der Waals surface area (Å²) in [6.07, 6.45) is 2.57. The molecule has 0 aliphatic rings. The lowest BCUT2D eigenvalue weighted by Crippen LogP contribution is -2.18. The van der Waals surface area contributed by atoms with Gasteiger partial charge in [0.2, 0.25) is 0 Å². The van der Waals surface area contributed by atoms with Crippen molar-refractivity contribution in [2.75, 3.05) is 0 Å². The molecule has 1 atom stereocenters. The second-order valence-corrected chi connectivity index (χ2v) is 4.09. The molecule has 1 radical (unpaired) electrons. The molecule has 0 bridgehead atoms. The highest BCUT2D eigenvalue weighted by Gasteiger charge is 2.28. The van der Waals surface area contributed by atoms with Gasteiger partial charge in [-0.25, -0.2) is 4.79 Å². The van der Waals surface area contributed by atoms with Crippen molar-refractivity contribution < 1.29 is 19.8 Å². The second-order valence-electron chi connectivity index (χ2n) is 4.09. The molecule has 0 amide bonds. The van der Waals surface area contributed by atoms with Gasteiger partial charge in [0.05, 0.1) is 11.3 Å². The SMILES string of the molecule is [CH2]c1cc(C(C(=O)O)c2ccccn2)c(C(=O)O)cn1. The summed E-state index contributed by atoms with van der Waals surface area (Å²) in [6.45, 7) is 3.60. The largest absolute Gasteiger partial charge is 0.480 e. The van der Waals surface area contributed by atoms with Crippen LogP contribution >= 0.6 is 0 Å². The first-order chi connectivity index (χ1) is 9.50. The Hall–Kier alpha value is -2.76. The minimum Gasteiger partial charge on any atom is -0.480 e. The van der Waals surface area contributed by atoms with Crippen LogP contribution in [0, 0.1) is 6.92 Å². The fourth-order valence-corrected chi connectivity index (χ4v) is 1.90. The number of carboxylic acid groups (broad SMARTS) is 2. The van der Waals surface area contributed by atoms with Crippen molar-refractivity contribution in [3.05, 3.63) is 66.1 Å². The van der Waals surface area contributed by atoms with Crippen molar-refractivity contribution in [3.63, 3.8) is 0 Å². The number of hydrogen-bond donors (Lipinski definition) is 2. The highest BCUT2D eigenvalue weighted by atomic mass is 16.4. The van der Waals surface area contributed by atoms with Crippen molar-refractivity contribution in [2.24, 2.45) is 0 Å². The molecular weight excluding hydrogens is 260 g/mol. The topological polar surface area (TPSA) is 100 Å². The normalized spacial score (nSPS) is 11.8. The zero-order valence-corrected chi connectivity index (χ0v) is 10.4. The third-order valence-corrected chi connectivity index (χ3v) is 2.76. The van der Waals surface area contributed by atoms with Crippen LogP contribution in [0.25, 0.3) is 0 Å². The van der Waals surface area contributed by atoms with E-state index < -0.39 is 17.9 Å². The van der Waals surface area contributed by atoms with E-state index in [0.29, 0.717) is 5.69 Å². The van der Waals surface area contributed by atoms with E-state index in [-0.39, 0.29) is 16.8 Å². The molecule has 101 valence electrons. The minimum absolute atomic E-state index is 0.115. The minimum atomic E-state index is -1.24. The van der Waals surface area contributed by atoms with E-state index in [2.05, 4.69) is 16.9 Å². The van der Waals surface area contributed by atoms with Gasteiger partial charge in [0.25, 0.3) is 0 Å². The maximum absolute atomic E-state index is 11.5. The number of carboxylic acids is 2. The smallest absolute Gasteiger partial charge is 0.337 e. The highest BCUT2D eigenvalue weighted by Crippen LogP contribution is 2.26. The zero-order valence-electron chi connectivity index (χ0n) is 10.4. The van der Waals surface area contributed by atoms with Crippen LogP contribution in [0.15, 0.2) is 36.7 Å². The summed E-state index contributed by atoms with van der Waals surface area (Å²) < 4.78 is 0. The lowest BCUT2D eigenvalue weighted by atomic mass is 9.91. The van der Waals surface area contributed by atoms with Crippen molar-refractivity contribution in [3.8, 4) is 0 Å². The Balaban J connectivity index is 2.64. The molecule has 6 nitrogen and oxygen atoms in total. The van der Waals surface area contributed by atoms with Crippen LogP contribution in [-0.4, -0.2) is 32.1 Å². The Morgan fingerprint density at radius 1 is 1.20 bits per heavy atom. The number of aliphatic carboxylic acids is 1. The predicted molar refractivity (Wildman–Crippen MR) is 69.4 cm³/mol. The Kier molecular flexibility index (Phi) is 3.74. The summed E-state index contributed by atoms with van der Waals surface area (Å²) in [5.41, 5.74) is 0.499. The molecule has 20 heavy (non-hydrogen) atoms. The second kappa shape index (κ2) is 5.48. The van der Waals surface area contributed by atoms with Crippen molar-refractivity contribution in [1.29, 1.82) is 0 Å². The Labute approximate surface area is 114 Å². The van der Waals surface area contributed by atoms with Gasteiger partial charge in [-0.3, -0.25) is 14.8 Å².